The smallest absolute Gasteiger partial charge is 0.270 e. The summed E-state index contributed by atoms with van der Waals surface area (Å²) in [4.78, 5) is 23.5. The fourth-order valence-electron chi connectivity index (χ4n) is 2.52. The number of non-ortho nitro benzene ring substituents is 1. The number of nitro benzene ring substituents is 1. The molecule has 0 aliphatic carbocycles. The molecule has 0 saturated carbocycles. The number of nitrogens with one attached hydrogen (secondary N) is 1. The lowest BCUT2D eigenvalue weighted by Crippen LogP contribution is -2.30. The Labute approximate surface area is 136 Å². The average Bonchev–Trinajstić information content (AvgIpc) is 2.55. The zero-order valence-corrected chi connectivity index (χ0v) is 12.8. The minimum absolute atomic E-state index is 0.136. The summed E-state index contributed by atoms with van der Waals surface area (Å²) >= 11 is 1.62. The lowest BCUT2D eigenvalue weighted by molar-refractivity contribution is -0.384. The van der Waals surface area contributed by atoms with Gasteiger partial charge < -0.3 is 5.32 Å². The number of amides is 1. The van der Waals surface area contributed by atoms with Crippen molar-refractivity contribution in [2.24, 2.45) is 0 Å². The second-order valence-corrected chi connectivity index (χ2v) is 6.29. The standard InChI is InChI=1S/C16H13FN2O3S/c17-11-4-5-15-13(9-11)14(6-7-23-15)18-16(20)10-2-1-3-12(8-10)19(21)22/h1-5,8-9,14H,6-7H2,(H,18,20). The zero-order valence-electron chi connectivity index (χ0n) is 12.0. The van der Waals surface area contributed by atoms with Gasteiger partial charge in [-0.2, -0.15) is 0 Å². The molecular formula is C16H13FN2O3S. The Balaban J connectivity index is 1.83. The third-order valence-electron chi connectivity index (χ3n) is 3.64. The molecule has 7 heteroatoms. The maximum absolute atomic E-state index is 13.5. The topological polar surface area (TPSA) is 72.2 Å². The zero-order chi connectivity index (χ0) is 16.4. The minimum Gasteiger partial charge on any atom is -0.345 e. The normalized spacial score (nSPS) is 16.5. The number of thioether (sulfide) groups is 1. The number of halogens is 1. The van der Waals surface area contributed by atoms with Gasteiger partial charge in [-0.1, -0.05) is 6.07 Å². The fourth-order valence-corrected chi connectivity index (χ4v) is 3.62. The molecule has 1 N–H and O–H groups in total. The number of carbonyl (C=O) groups excluding carboxylic acids is 1. The monoisotopic (exact) mass is 332 g/mol. The molecule has 3 rings (SSSR count). The molecule has 0 fully saturated rings. The van der Waals surface area contributed by atoms with Crippen LogP contribution in [0.2, 0.25) is 0 Å². The van der Waals surface area contributed by atoms with Crippen LogP contribution >= 0.6 is 11.8 Å². The molecule has 5 nitrogen and oxygen atoms in total. The summed E-state index contributed by atoms with van der Waals surface area (Å²) < 4.78 is 13.5. The summed E-state index contributed by atoms with van der Waals surface area (Å²) in [5, 5.41) is 13.6. The van der Waals surface area contributed by atoms with Crippen molar-refractivity contribution < 1.29 is 14.1 Å². The molecule has 0 bridgehead atoms. The van der Waals surface area contributed by atoms with Crippen molar-refractivity contribution >= 4 is 23.4 Å². The fraction of sp³-hybridized carbons (Fsp3) is 0.188. The van der Waals surface area contributed by atoms with Crippen molar-refractivity contribution in [1.82, 2.24) is 5.32 Å². The van der Waals surface area contributed by atoms with Gasteiger partial charge in [0.2, 0.25) is 0 Å². The van der Waals surface area contributed by atoms with Gasteiger partial charge in [0.25, 0.3) is 11.6 Å². The Hall–Kier alpha value is -2.41. The van der Waals surface area contributed by atoms with Gasteiger partial charge in [-0.05, 0) is 36.2 Å². The molecule has 1 atom stereocenters. The SMILES string of the molecule is O=C(NC1CCSc2ccc(F)cc21)c1cccc([N+](=O)[O-])c1. The van der Waals surface area contributed by atoms with Crippen LogP contribution in [0.5, 0.6) is 0 Å². The molecule has 1 heterocycles. The van der Waals surface area contributed by atoms with E-state index in [1.54, 1.807) is 17.8 Å². The van der Waals surface area contributed by atoms with Crippen molar-refractivity contribution in [3.63, 3.8) is 0 Å². The van der Waals surface area contributed by atoms with Crippen LogP contribution in [0.15, 0.2) is 47.4 Å². The highest BCUT2D eigenvalue weighted by Crippen LogP contribution is 2.36. The number of carbonyl (C=O) groups is 1. The molecule has 1 unspecified atom stereocenters. The van der Waals surface area contributed by atoms with Gasteiger partial charge in [0.15, 0.2) is 0 Å². The number of benzene rings is 2. The Morgan fingerprint density at radius 1 is 1.30 bits per heavy atom. The van der Waals surface area contributed by atoms with E-state index in [1.807, 2.05) is 0 Å². The van der Waals surface area contributed by atoms with Crippen molar-refractivity contribution in [2.75, 3.05) is 5.75 Å². The highest BCUT2D eigenvalue weighted by molar-refractivity contribution is 7.99. The molecule has 2 aromatic rings. The molecular weight excluding hydrogens is 319 g/mol. The van der Waals surface area contributed by atoms with Crippen molar-refractivity contribution in [3.05, 3.63) is 69.5 Å². The Kier molecular flexibility index (Phi) is 4.29. The molecule has 0 spiro atoms. The Bertz CT molecular complexity index is 782. The van der Waals surface area contributed by atoms with Crippen LogP contribution in [-0.2, 0) is 0 Å². The molecule has 118 valence electrons. The van der Waals surface area contributed by atoms with Crippen LogP contribution in [0.25, 0.3) is 0 Å². The van der Waals surface area contributed by atoms with Gasteiger partial charge in [-0.15, -0.1) is 11.8 Å². The highest BCUT2D eigenvalue weighted by Gasteiger charge is 2.23. The summed E-state index contributed by atoms with van der Waals surface area (Å²) in [5.74, 6) is 0.0695. The van der Waals surface area contributed by atoms with Crippen LogP contribution in [0.1, 0.15) is 28.4 Å². The van der Waals surface area contributed by atoms with Crippen LogP contribution in [0.3, 0.4) is 0 Å². The highest BCUT2D eigenvalue weighted by atomic mass is 32.2. The maximum Gasteiger partial charge on any atom is 0.270 e. The number of hydrogen-bond donors (Lipinski definition) is 1. The van der Waals surface area contributed by atoms with Gasteiger partial charge in [0.05, 0.1) is 11.0 Å². The van der Waals surface area contributed by atoms with Gasteiger partial charge in [-0.25, -0.2) is 4.39 Å². The number of nitro groups is 1. The number of fused-ring (bicyclic) bond motifs is 1. The second kappa shape index (κ2) is 6.37. The largest absolute Gasteiger partial charge is 0.345 e. The van der Waals surface area contributed by atoms with Gasteiger partial charge >= 0.3 is 0 Å². The third-order valence-corrected chi connectivity index (χ3v) is 4.76. The minimum atomic E-state index is -0.543. The van der Waals surface area contributed by atoms with E-state index in [-0.39, 0.29) is 23.1 Å². The van der Waals surface area contributed by atoms with E-state index < -0.39 is 10.8 Å². The predicted octanol–water partition coefficient (Wildman–Crippen LogP) is 3.70. The first-order valence-electron chi connectivity index (χ1n) is 7.02. The molecule has 1 aliphatic heterocycles. The van der Waals surface area contributed by atoms with E-state index in [9.17, 15) is 19.3 Å². The van der Waals surface area contributed by atoms with Crippen LogP contribution in [-0.4, -0.2) is 16.6 Å². The summed E-state index contributed by atoms with van der Waals surface area (Å²) in [7, 11) is 0. The number of hydrogen-bond acceptors (Lipinski definition) is 4. The molecule has 0 aromatic heterocycles. The van der Waals surface area contributed by atoms with Crippen LogP contribution in [0, 0.1) is 15.9 Å². The first-order chi connectivity index (χ1) is 11.0. The Morgan fingerprint density at radius 3 is 2.91 bits per heavy atom. The van der Waals surface area contributed by atoms with E-state index in [4.69, 9.17) is 0 Å². The molecule has 23 heavy (non-hydrogen) atoms. The first kappa shape index (κ1) is 15.5. The van der Waals surface area contributed by atoms with Crippen LogP contribution in [0.4, 0.5) is 10.1 Å². The lowest BCUT2D eigenvalue weighted by Gasteiger charge is -2.26. The van der Waals surface area contributed by atoms with Gasteiger partial charge in [0.1, 0.15) is 5.82 Å². The summed E-state index contributed by atoms with van der Waals surface area (Å²) in [5.41, 5.74) is 0.832. The van der Waals surface area contributed by atoms with E-state index in [2.05, 4.69) is 5.32 Å². The van der Waals surface area contributed by atoms with E-state index in [0.717, 1.165) is 16.2 Å². The van der Waals surface area contributed by atoms with Crippen molar-refractivity contribution in [1.29, 1.82) is 0 Å². The van der Waals surface area contributed by atoms with E-state index in [0.29, 0.717) is 6.42 Å². The van der Waals surface area contributed by atoms with Crippen molar-refractivity contribution in [3.8, 4) is 0 Å². The summed E-state index contributed by atoms with van der Waals surface area (Å²) in [6.45, 7) is 0. The summed E-state index contributed by atoms with van der Waals surface area (Å²) in [6.07, 6.45) is 0.682. The second-order valence-electron chi connectivity index (χ2n) is 5.15. The lowest BCUT2D eigenvalue weighted by atomic mass is 10.0. The van der Waals surface area contributed by atoms with Crippen LogP contribution < -0.4 is 5.32 Å². The quantitative estimate of drug-likeness (QED) is 0.687. The van der Waals surface area contributed by atoms with Crippen molar-refractivity contribution in [2.45, 2.75) is 17.4 Å². The van der Waals surface area contributed by atoms with Gasteiger partial charge in [0, 0.05) is 28.3 Å². The van der Waals surface area contributed by atoms with E-state index in [1.165, 1.54) is 36.4 Å². The molecule has 2 aromatic carbocycles. The molecule has 1 aliphatic rings. The van der Waals surface area contributed by atoms with Gasteiger partial charge in [-0.3, -0.25) is 14.9 Å². The average molecular weight is 332 g/mol. The number of nitrogens with zero attached hydrogens (tertiary/aromatic N) is 1. The Morgan fingerprint density at radius 2 is 2.13 bits per heavy atom. The maximum atomic E-state index is 13.5. The number of rotatable bonds is 3. The molecule has 1 amide bonds. The summed E-state index contributed by atoms with van der Waals surface area (Å²) in [6, 6.07) is 9.80. The first-order valence-corrected chi connectivity index (χ1v) is 8.01. The molecule has 0 radical (unpaired) electrons. The molecule has 0 saturated heterocycles. The van der Waals surface area contributed by atoms with E-state index >= 15 is 0 Å². The predicted molar refractivity (Wildman–Crippen MR) is 85.0 cm³/mol. The third kappa shape index (κ3) is 3.34.